The molecule has 0 heterocycles. The Bertz CT molecular complexity index is 388. The Morgan fingerprint density at radius 1 is 1.44 bits per heavy atom. The van der Waals surface area contributed by atoms with Crippen molar-refractivity contribution in [1.82, 2.24) is 0 Å². The summed E-state index contributed by atoms with van der Waals surface area (Å²) in [4.78, 5) is 10.6. The molecule has 0 aliphatic carbocycles. The molecular formula is C12H15ClO3. The lowest BCUT2D eigenvalue weighted by molar-refractivity contribution is -0.146. The number of aliphatic hydroxyl groups excluding tert-OH is 1. The topological polar surface area (TPSA) is 57.5 Å². The Hall–Kier alpha value is -1.06. The maximum atomic E-state index is 10.6. The number of hydrogen-bond acceptors (Lipinski definition) is 2. The van der Waals surface area contributed by atoms with E-state index in [4.69, 9.17) is 16.7 Å². The van der Waals surface area contributed by atoms with Gasteiger partial charge in [0.15, 0.2) is 6.10 Å². The highest BCUT2D eigenvalue weighted by Gasteiger charge is 2.16. The largest absolute Gasteiger partial charge is 0.479 e. The van der Waals surface area contributed by atoms with Gasteiger partial charge in [-0.15, -0.1) is 0 Å². The van der Waals surface area contributed by atoms with Crippen molar-refractivity contribution in [2.75, 3.05) is 0 Å². The van der Waals surface area contributed by atoms with Crippen LogP contribution >= 0.6 is 11.6 Å². The summed E-state index contributed by atoms with van der Waals surface area (Å²) >= 11 is 6.02. The molecule has 0 amide bonds. The first-order valence-corrected chi connectivity index (χ1v) is 5.48. The smallest absolute Gasteiger partial charge is 0.337 e. The van der Waals surface area contributed by atoms with Crippen molar-refractivity contribution in [1.29, 1.82) is 0 Å². The van der Waals surface area contributed by atoms with Gasteiger partial charge in [-0.1, -0.05) is 37.6 Å². The summed E-state index contributed by atoms with van der Waals surface area (Å²) < 4.78 is 0. The van der Waals surface area contributed by atoms with Crippen molar-refractivity contribution in [2.45, 2.75) is 26.4 Å². The molecule has 1 aromatic carbocycles. The van der Waals surface area contributed by atoms with Crippen molar-refractivity contribution in [3.8, 4) is 0 Å². The number of halogens is 1. The van der Waals surface area contributed by atoms with Gasteiger partial charge in [0.2, 0.25) is 0 Å². The lowest BCUT2D eigenvalue weighted by Gasteiger charge is -2.11. The minimum atomic E-state index is -1.51. The van der Waals surface area contributed by atoms with Crippen LogP contribution in [0.3, 0.4) is 0 Å². The van der Waals surface area contributed by atoms with Crippen LogP contribution in [-0.4, -0.2) is 16.2 Å². The summed E-state index contributed by atoms with van der Waals surface area (Å²) in [7, 11) is 0. The molecule has 1 rings (SSSR count). The lowest BCUT2D eigenvalue weighted by atomic mass is 10.00. The Labute approximate surface area is 99.7 Å². The Morgan fingerprint density at radius 3 is 2.50 bits per heavy atom. The van der Waals surface area contributed by atoms with Gasteiger partial charge in [-0.05, 0) is 29.5 Å². The summed E-state index contributed by atoms with van der Waals surface area (Å²) in [6.45, 7) is 4.16. The van der Waals surface area contributed by atoms with Gasteiger partial charge in [0.25, 0.3) is 0 Å². The van der Waals surface area contributed by atoms with Gasteiger partial charge in [-0.3, -0.25) is 0 Å². The molecule has 1 aromatic rings. The molecule has 0 aromatic heterocycles. The first kappa shape index (κ1) is 13.0. The fourth-order valence-electron chi connectivity index (χ4n) is 1.48. The molecule has 2 N–H and O–H groups in total. The summed E-state index contributed by atoms with van der Waals surface area (Å²) in [5, 5.41) is 18.5. The van der Waals surface area contributed by atoms with Gasteiger partial charge in [-0.25, -0.2) is 4.79 Å². The van der Waals surface area contributed by atoms with Crippen molar-refractivity contribution in [2.24, 2.45) is 5.92 Å². The van der Waals surface area contributed by atoms with Crippen LogP contribution in [0.2, 0.25) is 5.02 Å². The molecule has 0 saturated heterocycles. The lowest BCUT2D eigenvalue weighted by Crippen LogP contribution is -2.10. The van der Waals surface area contributed by atoms with E-state index in [1.807, 2.05) is 0 Å². The molecule has 1 unspecified atom stereocenters. The normalized spacial score (nSPS) is 12.8. The van der Waals surface area contributed by atoms with E-state index in [0.717, 1.165) is 12.0 Å². The van der Waals surface area contributed by atoms with E-state index in [9.17, 15) is 9.90 Å². The first-order valence-electron chi connectivity index (χ1n) is 5.11. The highest BCUT2D eigenvalue weighted by molar-refractivity contribution is 6.31. The van der Waals surface area contributed by atoms with Gasteiger partial charge >= 0.3 is 5.97 Å². The second-order valence-corrected chi connectivity index (χ2v) is 4.60. The van der Waals surface area contributed by atoms with Crippen molar-refractivity contribution in [3.63, 3.8) is 0 Å². The third-order valence-electron chi connectivity index (χ3n) is 2.25. The fourth-order valence-corrected chi connectivity index (χ4v) is 1.75. The number of hydrogen-bond donors (Lipinski definition) is 2. The quantitative estimate of drug-likeness (QED) is 0.854. The Balaban J connectivity index is 2.95. The second kappa shape index (κ2) is 5.32. The molecule has 0 aliphatic heterocycles. The monoisotopic (exact) mass is 242 g/mol. The van der Waals surface area contributed by atoms with Crippen LogP contribution in [0.15, 0.2) is 18.2 Å². The predicted molar refractivity (Wildman–Crippen MR) is 62.6 cm³/mol. The zero-order chi connectivity index (χ0) is 12.3. The van der Waals surface area contributed by atoms with Crippen LogP contribution in [0.1, 0.15) is 31.1 Å². The van der Waals surface area contributed by atoms with Crippen molar-refractivity contribution >= 4 is 17.6 Å². The van der Waals surface area contributed by atoms with Crippen LogP contribution in [0, 0.1) is 5.92 Å². The summed E-state index contributed by atoms with van der Waals surface area (Å²) in [5.74, 6) is -0.791. The second-order valence-electron chi connectivity index (χ2n) is 4.19. The van der Waals surface area contributed by atoms with Gasteiger partial charge in [0.1, 0.15) is 0 Å². The average Bonchev–Trinajstić information content (AvgIpc) is 2.19. The van der Waals surface area contributed by atoms with Gasteiger partial charge < -0.3 is 10.2 Å². The van der Waals surface area contributed by atoms with E-state index in [1.165, 1.54) is 6.07 Å². The number of carboxylic acid groups (broad SMARTS) is 1. The molecule has 0 radical (unpaired) electrons. The van der Waals surface area contributed by atoms with E-state index in [2.05, 4.69) is 13.8 Å². The van der Waals surface area contributed by atoms with Crippen LogP contribution in [0.25, 0.3) is 0 Å². The molecule has 0 spiro atoms. The third kappa shape index (κ3) is 3.22. The Morgan fingerprint density at radius 2 is 2.06 bits per heavy atom. The van der Waals surface area contributed by atoms with E-state index >= 15 is 0 Å². The summed E-state index contributed by atoms with van der Waals surface area (Å²) in [6.07, 6.45) is -0.673. The van der Waals surface area contributed by atoms with E-state index in [1.54, 1.807) is 12.1 Å². The first-order chi connectivity index (χ1) is 7.41. The molecule has 16 heavy (non-hydrogen) atoms. The SMILES string of the molecule is CC(C)Cc1ccc(C(O)C(=O)O)cc1Cl. The highest BCUT2D eigenvalue weighted by atomic mass is 35.5. The van der Waals surface area contributed by atoms with Crippen LogP contribution in [0.5, 0.6) is 0 Å². The molecule has 0 saturated carbocycles. The number of benzene rings is 1. The number of aliphatic carboxylic acids is 1. The minimum absolute atomic E-state index is 0.310. The summed E-state index contributed by atoms with van der Waals surface area (Å²) in [6, 6.07) is 4.88. The maximum absolute atomic E-state index is 10.6. The molecule has 4 heteroatoms. The molecule has 88 valence electrons. The average molecular weight is 243 g/mol. The van der Waals surface area contributed by atoms with Crippen LogP contribution in [0.4, 0.5) is 0 Å². The molecule has 0 aliphatic rings. The minimum Gasteiger partial charge on any atom is -0.479 e. The molecule has 0 bridgehead atoms. The summed E-state index contributed by atoms with van der Waals surface area (Å²) in [5.41, 5.74) is 1.28. The molecule has 3 nitrogen and oxygen atoms in total. The van der Waals surface area contributed by atoms with Crippen LogP contribution < -0.4 is 0 Å². The van der Waals surface area contributed by atoms with Gasteiger partial charge in [0.05, 0.1) is 0 Å². The molecular weight excluding hydrogens is 228 g/mol. The molecule has 1 atom stereocenters. The zero-order valence-corrected chi connectivity index (χ0v) is 10.0. The van der Waals surface area contributed by atoms with Crippen molar-refractivity contribution < 1.29 is 15.0 Å². The fraction of sp³-hybridized carbons (Fsp3) is 0.417. The third-order valence-corrected chi connectivity index (χ3v) is 2.61. The number of carboxylic acids is 1. The molecule has 0 fully saturated rings. The van der Waals surface area contributed by atoms with E-state index < -0.39 is 12.1 Å². The van der Waals surface area contributed by atoms with Gasteiger partial charge in [0, 0.05) is 5.02 Å². The maximum Gasteiger partial charge on any atom is 0.337 e. The number of aliphatic hydroxyl groups is 1. The number of carbonyl (C=O) groups is 1. The van der Waals surface area contributed by atoms with E-state index in [0.29, 0.717) is 16.5 Å². The highest BCUT2D eigenvalue weighted by Crippen LogP contribution is 2.24. The standard InChI is InChI=1S/C12H15ClO3/c1-7(2)5-8-3-4-9(6-10(8)13)11(14)12(15)16/h3-4,6-7,11,14H,5H2,1-2H3,(H,15,16). The number of rotatable bonds is 4. The van der Waals surface area contributed by atoms with E-state index in [-0.39, 0.29) is 0 Å². The Kier molecular flexibility index (Phi) is 4.33. The van der Waals surface area contributed by atoms with Crippen LogP contribution in [-0.2, 0) is 11.2 Å². The van der Waals surface area contributed by atoms with Gasteiger partial charge in [-0.2, -0.15) is 0 Å². The zero-order valence-electron chi connectivity index (χ0n) is 9.27. The van der Waals surface area contributed by atoms with Crippen molar-refractivity contribution in [3.05, 3.63) is 34.3 Å². The predicted octanol–water partition coefficient (Wildman–Crippen LogP) is 2.66.